The fourth-order valence-electron chi connectivity index (χ4n) is 5.94. The van der Waals surface area contributed by atoms with Crippen molar-refractivity contribution in [3.8, 4) is 11.1 Å². The van der Waals surface area contributed by atoms with E-state index in [1.165, 1.54) is 0 Å². The highest BCUT2D eigenvalue weighted by Gasteiger charge is 2.29. The van der Waals surface area contributed by atoms with Gasteiger partial charge in [0.25, 0.3) is 5.91 Å². The summed E-state index contributed by atoms with van der Waals surface area (Å²) in [6.07, 6.45) is 4.27. The predicted octanol–water partition coefficient (Wildman–Crippen LogP) is 3.98. The monoisotopic (exact) mass is 554 g/mol. The maximum absolute atomic E-state index is 13.6. The SMILES string of the molecule is CC(C)n1ncc2c(C(=O)NC3CCC(=O)NC3=O)cc(-c3ccc4c(N5C[C@@H](C)O[C@@H](C)C5)ccnc4c3)cc21. The molecule has 2 fully saturated rings. The molecule has 41 heavy (non-hydrogen) atoms. The Kier molecular flexibility index (Phi) is 6.94. The first-order valence-electron chi connectivity index (χ1n) is 14.1. The van der Waals surface area contributed by atoms with Gasteiger partial charge in [-0.3, -0.25) is 29.4 Å². The van der Waals surface area contributed by atoms with Crippen molar-refractivity contribution in [3.05, 3.63) is 54.4 Å². The van der Waals surface area contributed by atoms with E-state index >= 15 is 0 Å². The van der Waals surface area contributed by atoms with Gasteiger partial charge in [0.05, 0.1) is 35.0 Å². The minimum atomic E-state index is -0.770. The zero-order valence-electron chi connectivity index (χ0n) is 23.7. The maximum Gasteiger partial charge on any atom is 0.252 e. The molecule has 0 aliphatic carbocycles. The molecule has 2 saturated heterocycles. The number of rotatable bonds is 5. The largest absolute Gasteiger partial charge is 0.372 e. The van der Waals surface area contributed by atoms with Crippen molar-refractivity contribution < 1.29 is 19.1 Å². The summed E-state index contributed by atoms with van der Waals surface area (Å²) in [5.41, 5.74) is 4.99. The van der Waals surface area contributed by atoms with E-state index < -0.39 is 11.9 Å². The van der Waals surface area contributed by atoms with Crippen molar-refractivity contribution >= 4 is 45.2 Å². The Morgan fingerprint density at radius 1 is 1.05 bits per heavy atom. The van der Waals surface area contributed by atoms with Crippen LogP contribution in [0.3, 0.4) is 0 Å². The molecule has 212 valence electrons. The summed E-state index contributed by atoms with van der Waals surface area (Å²) in [6.45, 7) is 9.89. The number of carbonyl (C=O) groups is 3. The number of morpholine rings is 1. The number of carbonyl (C=O) groups excluding carboxylic acids is 3. The number of amides is 3. The number of anilines is 1. The van der Waals surface area contributed by atoms with Gasteiger partial charge in [0.1, 0.15) is 6.04 Å². The van der Waals surface area contributed by atoms with Crippen LogP contribution in [-0.4, -0.2) is 63.8 Å². The third kappa shape index (κ3) is 5.15. The number of nitrogens with zero attached hydrogens (tertiary/aromatic N) is 4. The minimum absolute atomic E-state index is 0.0768. The highest BCUT2D eigenvalue weighted by atomic mass is 16.5. The van der Waals surface area contributed by atoms with Gasteiger partial charge < -0.3 is 15.0 Å². The molecule has 0 radical (unpaired) electrons. The Morgan fingerprint density at radius 3 is 2.56 bits per heavy atom. The fraction of sp³-hybridized carbons (Fsp3) is 0.387. The second-order valence-corrected chi connectivity index (χ2v) is 11.3. The first-order valence-corrected chi connectivity index (χ1v) is 14.1. The van der Waals surface area contributed by atoms with Crippen LogP contribution in [0.2, 0.25) is 0 Å². The zero-order chi connectivity index (χ0) is 28.8. The quantitative estimate of drug-likeness (QED) is 0.358. The molecule has 0 spiro atoms. The van der Waals surface area contributed by atoms with Crippen LogP contribution in [0.4, 0.5) is 5.69 Å². The lowest BCUT2D eigenvalue weighted by Crippen LogP contribution is -2.52. The molecule has 10 heteroatoms. The summed E-state index contributed by atoms with van der Waals surface area (Å²) in [5.74, 6) is -1.19. The second kappa shape index (κ2) is 10.6. The average molecular weight is 555 g/mol. The van der Waals surface area contributed by atoms with Gasteiger partial charge in [-0.1, -0.05) is 12.1 Å². The molecule has 6 rings (SSSR count). The first kappa shape index (κ1) is 26.9. The average Bonchev–Trinajstić information content (AvgIpc) is 3.37. The van der Waals surface area contributed by atoms with E-state index in [2.05, 4.69) is 57.7 Å². The number of hydrogen-bond donors (Lipinski definition) is 2. The summed E-state index contributed by atoms with van der Waals surface area (Å²) in [4.78, 5) is 44.5. The smallest absolute Gasteiger partial charge is 0.252 e. The van der Waals surface area contributed by atoms with Gasteiger partial charge in [0.2, 0.25) is 11.8 Å². The fourth-order valence-corrected chi connectivity index (χ4v) is 5.94. The van der Waals surface area contributed by atoms with Crippen molar-refractivity contribution in [2.75, 3.05) is 18.0 Å². The van der Waals surface area contributed by atoms with E-state index in [0.29, 0.717) is 10.9 Å². The molecule has 3 atom stereocenters. The second-order valence-electron chi connectivity index (χ2n) is 11.3. The van der Waals surface area contributed by atoms with Crippen molar-refractivity contribution in [1.82, 2.24) is 25.4 Å². The molecule has 2 aromatic carbocycles. The van der Waals surface area contributed by atoms with Crippen LogP contribution in [0.15, 0.2) is 48.8 Å². The lowest BCUT2D eigenvalue weighted by Gasteiger charge is -2.37. The lowest BCUT2D eigenvalue weighted by molar-refractivity contribution is -0.134. The highest BCUT2D eigenvalue weighted by Crippen LogP contribution is 2.34. The normalized spacial score (nSPS) is 21.5. The van der Waals surface area contributed by atoms with Crippen LogP contribution in [0, 0.1) is 0 Å². The molecule has 2 N–H and O–H groups in total. The summed E-state index contributed by atoms with van der Waals surface area (Å²) in [7, 11) is 0. The van der Waals surface area contributed by atoms with Gasteiger partial charge in [-0.25, -0.2) is 0 Å². The van der Waals surface area contributed by atoms with Gasteiger partial charge in [-0.15, -0.1) is 0 Å². The van der Waals surface area contributed by atoms with Crippen molar-refractivity contribution in [2.24, 2.45) is 0 Å². The summed E-state index contributed by atoms with van der Waals surface area (Å²) in [5, 5.41) is 11.4. The van der Waals surface area contributed by atoms with Crippen LogP contribution in [0.1, 0.15) is 56.9 Å². The van der Waals surface area contributed by atoms with Crippen molar-refractivity contribution in [1.29, 1.82) is 0 Å². The molecule has 3 amide bonds. The van der Waals surface area contributed by atoms with E-state index in [1.807, 2.05) is 42.9 Å². The minimum Gasteiger partial charge on any atom is -0.372 e. The molecular formula is C31H34N6O4. The van der Waals surface area contributed by atoms with Crippen molar-refractivity contribution in [3.63, 3.8) is 0 Å². The highest BCUT2D eigenvalue weighted by molar-refractivity contribution is 6.10. The Morgan fingerprint density at radius 2 is 1.83 bits per heavy atom. The van der Waals surface area contributed by atoms with Gasteiger partial charge in [-0.05, 0) is 69.5 Å². The number of hydrogen-bond acceptors (Lipinski definition) is 7. The van der Waals surface area contributed by atoms with Gasteiger partial charge in [0, 0.05) is 48.2 Å². The molecule has 0 bridgehead atoms. The van der Waals surface area contributed by atoms with Crippen LogP contribution in [0.25, 0.3) is 32.9 Å². The van der Waals surface area contributed by atoms with E-state index in [0.717, 1.165) is 46.3 Å². The van der Waals surface area contributed by atoms with Crippen LogP contribution < -0.4 is 15.5 Å². The number of fused-ring (bicyclic) bond motifs is 2. The van der Waals surface area contributed by atoms with E-state index in [4.69, 9.17) is 4.74 Å². The van der Waals surface area contributed by atoms with Crippen LogP contribution in [0.5, 0.6) is 0 Å². The third-order valence-corrected chi connectivity index (χ3v) is 7.81. The molecular weight excluding hydrogens is 520 g/mol. The van der Waals surface area contributed by atoms with E-state index in [9.17, 15) is 14.4 Å². The van der Waals surface area contributed by atoms with Crippen LogP contribution >= 0.6 is 0 Å². The topological polar surface area (TPSA) is 118 Å². The standard InChI is InChI=1S/C31H34N6O4/c1-17(2)37-28-13-21(11-23(24(28)14-33-37)30(39)34-25-7-8-29(38)35-31(25)40)20-5-6-22-26(12-20)32-10-9-27(22)36-15-18(3)41-19(4)16-36/h5-6,9-14,17-19,25H,7-8,15-16H2,1-4H3,(H,34,39)(H,35,38,40)/t18-,19+,25?. The Hall–Kier alpha value is -4.31. The number of aromatic nitrogens is 3. The predicted molar refractivity (Wildman–Crippen MR) is 157 cm³/mol. The maximum atomic E-state index is 13.6. The lowest BCUT2D eigenvalue weighted by atomic mass is 9.97. The molecule has 2 aliphatic heterocycles. The Labute approximate surface area is 238 Å². The number of benzene rings is 2. The molecule has 2 aliphatic rings. The molecule has 10 nitrogen and oxygen atoms in total. The Bertz CT molecular complexity index is 1670. The number of ether oxygens (including phenoxy) is 1. The first-order chi connectivity index (χ1) is 19.7. The molecule has 2 aromatic heterocycles. The number of piperidine rings is 1. The van der Waals surface area contributed by atoms with Crippen molar-refractivity contribution in [2.45, 2.75) is 64.8 Å². The summed E-state index contributed by atoms with van der Waals surface area (Å²) >= 11 is 0. The number of pyridine rings is 1. The van der Waals surface area contributed by atoms with Crippen LogP contribution in [-0.2, 0) is 14.3 Å². The summed E-state index contributed by atoms with van der Waals surface area (Å²) < 4.78 is 7.83. The molecule has 4 heterocycles. The van der Waals surface area contributed by atoms with E-state index in [1.54, 1.807) is 6.20 Å². The van der Waals surface area contributed by atoms with Gasteiger partial charge in [-0.2, -0.15) is 5.10 Å². The number of imide groups is 1. The Balaban J connectivity index is 1.40. The third-order valence-electron chi connectivity index (χ3n) is 7.81. The van der Waals surface area contributed by atoms with E-state index in [-0.39, 0.29) is 42.9 Å². The zero-order valence-corrected chi connectivity index (χ0v) is 23.7. The molecule has 1 unspecified atom stereocenters. The summed E-state index contributed by atoms with van der Waals surface area (Å²) in [6, 6.07) is 11.4. The van der Waals surface area contributed by atoms with Gasteiger partial charge >= 0.3 is 0 Å². The molecule has 0 saturated carbocycles. The van der Waals surface area contributed by atoms with Gasteiger partial charge in [0.15, 0.2) is 0 Å². The molecule has 4 aromatic rings. The number of nitrogens with one attached hydrogen (secondary N) is 2.